The Kier molecular flexibility index (Phi) is 5.29. The van der Waals surface area contributed by atoms with Gasteiger partial charge in [0.25, 0.3) is 0 Å². The molecule has 1 aliphatic heterocycles. The molecule has 3 aliphatic rings. The summed E-state index contributed by atoms with van der Waals surface area (Å²) in [6.45, 7) is 2.08. The van der Waals surface area contributed by atoms with E-state index in [0.717, 1.165) is 18.4 Å². The Hall–Kier alpha value is -2.48. The van der Waals surface area contributed by atoms with E-state index in [4.69, 9.17) is 0 Å². The zero-order valence-corrected chi connectivity index (χ0v) is 17.1. The second-order valence-electron chi connectivity index (χ2n) is 7.96. The predicted octanol–water partition coefficient (Wildman–Crippen LogP) is 2.69. The van der Waals surface area contributed by atoms with Gasteiger partial charge in [-0.15, -0.1) is 11.8 Å². The topological polar surface area (TPSA) is 98.7 Å². The van der Waals surface area contributed by atoms with Crippen molar-refractivity contribution in [2.45, 2.75) is 24.6 Å². The standard InChI is InChI=1S/C21H25N3O4S/c1-13-3-2-4-16(9-13)23-20(28)22-12-18(25)24-7-8-29-21(24,19(26)27)17-11-14-5-6-15(17)10-14/h2-6,9,14-15,17H,7-8,10-12H2,1H3,(H,26,27)(H2,22,23,28)/t14-,15+,17?,21?/m0/s1. The number of rotatable bonds is 5. The smallest absolute Gasteiger partial charge is 0.340 e. The van der Waals surface area contributed by atoms with Crippen LogP contribution in [0, 0.1) is 24.7 Å². The number of urea groups is 1. The number of hydrogen-bond donors (Lipinski definition) is 3. The van der Waals surface area contributed by atoms with Gasteiger partial charge in [-0.25, -0.2) is 9.59 Å². The zero-order chi connectivity index (χ0) is 20.6. The Labute approximate surface area is 173 Å². The summed E-state index contributed by atoms with van der Waals surface area (Å²) in [5.41, 5.74) is 1.65. The van der Waals surface area contributed by atoms with Crippen LogP contribution in [-0.4, -0.2) is 51.6 Å². The molecule has 1 aromatic rings. The highest BCUT2D eigenvalue weighted by atomic mass is 32.2. The van der Waals surface area contributed by atoms with Crippen LogP contribution in [0.5, 0.6) is 0 Å². The van der Waals surface area contributed by atoms with E-state index in [1.54, 1.807) is 6.07 Å². The third kappa shape index (κ3) is 3.61. The minimum atomic E-state index is -1.24. The summed E-state index contributed by atoms with van der Waals surface area (Å²) in [5.74, 6) is -0.197. The number of aryl methyl sites for hydroxylation is 1. The van der Waals surface area contributed by atoms with E-state index in [1.807, 2.05) is 25.1 Å². The van der Waals surface area contributed by atoms with E-state index in [-0.39, 0.29) is 24.3 Å². The minimum Gasteiger partial charge on any atom is -0.479 e. The normalized spacial score (nSPS) is 29.8. The SMILES string of the molecule is Cc1cccc(NC(=O)NCC(=O)N2CCSC2(C(=O)O)C2C[C@H]3C=C[C@@H]2C3)c1. The quantitative estimate of drug-likeness (QED) is 0.642. The number of hydrogen-bond acceptors (Lipinski definition) is 4. The lowest BCUT2D eigenvalue weighted by atomic mass is 9.85. The van der Waals surface area contributed by atoms with Crippen molar-refractivity contribution >= 4 is 35.4 Å². The van der Waals surface area contributed by atoms with Crippen molar-refractivity contribution in [2.24, 2.45) is 17.8 Å². The lowest BCUT2D eigenvalue weighted by molar-refractivity contribution is -0.154. The maximum atomic E-state index is 12.9. The Morgan fingerprint density at radius 1 is 1.28 bits per heavy atom. The summed E-state index contributed by atoms with van der Waals surface area (Å²) in [7, 11) is 0. The van der Waals surface area contributed by atoms with Gasteiger partial charge in [0, 0.05) is 23.9 Å². The van der Waals surface area contributed by atoms with Crippen LogP contribution in [0.15, 0.2) is 36.4 Å². The van der Waals surface area contributed by atoms with E-state index < -0.39 is 16.9 Å². The zero-order valence-electron chi connectivity index (χ0n) is 16.3. The first-order valence-electron chi connectivity index (χ1n) is 9.88. The number of aliphatic carboxylic acids is 1. The fraction of sp³-hybridized carbons (Fsp3) is 0.476. The van der Waals surface area contributed by atoms with Crippen LogP contribution in [0.3, 0.4) is 0 Å². The van der Waals surface area contributed by atoms with Crippen LogP contribution in [0.4, 0.5) is 10.5 Å². The van der Waals surface area contributed by atoms with Crippen molar-refractivity contribution in [1.29, 1.82) is 0 Å². The third-order valence-electron chi connectivity index (χ3n) is 6.10. The average molecular weight is 416 g/mol. The van der Waals surface area contributed by atoms with Crippen molar-refractivity contribution in [3.05, 3.63) is 42.0 Å². The summed E-state index contributed by atoms with van der Waals surface area (Å²) < 4.78 is 0. The number of nitrogens with zero attached hydrogens (tertiary/aromatic N) is 1. The molecule has 2 aliphatic carbocycles. The van der Waals surface area contributed by atoms with E-state index in [0.29, 0.717) is 23.9 Å². The van der Waals surface area contributed by atoms with Crippen molar-refractivity contribution in [1.82, 2.24) is 10.2 Å². The number of benzene rings is 1. The lowest BCUT2D eigenvalue weighted by Gasteiger charge is -2.41. The molecule has 0 spiro atoms. The summed E-state index contributed by atoms with van der Waals surface area (Å²) in [6, 6.07) is 6.87. The second-order valence-corrected chi connectivity index (χ2v) is 9.28. The molecule has 0 aromatic heterocycles. The Morgan fingerprint density at radius 3 is 2.76 bits per heavy atom. The number of thioether (sulfide) groups is 1. The van der Waals surface area contributed by atoms with Gasteiger partial charge in [0.05, 0.1) is 6.54 Å². The molecule has 2 bridgehead atoms. The molecule has 1 saturated carbocycles. The number of carbonyl (C=O) groups excluding carboxylic acids is 2. The number of amides is 3. The molecule has 1 heterocycles. The van der Waals surface area contributed by atoms with Gasteiger partial charge in [-0.1, -0.05) is 24.3 Å². The molecule has 3 amide bonds. The monoisotopic (exact) mass is 415 g/mol. The lowest BCUT2D eigenvalue weighted by Crippen LogP contribution is -2.58. The van der Waals surface area contributed by atoms with Gasteiger partial charge < -0.3 is 20.6 Å². The molecule has 29 heavy (non-hydrogen) atoms. The Bertz CT molecular complexity index is 873. The molecule has 3 N–H and O–H groups in total. The summed E-state index contributed by atoms with van der Waals surface area (Å²) >= 11 is 1.35. The molecule has 154 valence electrons. The number of carbonyl (C=O) groups is 3. The number of carboxylic acids is 1. The first-order chi connectivity index (χ1) is 13.9. The molecule has 0 radical (unpaired) electrons. The second kappa shape index (κ2) is 7.74. The number of carboxylic acid groups (broad SMARTS) is 1. The summed E-state index contributed by atoms with van der Waals surface area (Å²) in [5, 5.41) is 15.4. The van der Waals surface area contributed by atoms with Crippen LogP contribution in [-0.2, 0) is 9.59 Å². The van der Waals surface area contributed by atoms with Gasteiger partial charge in [-0.2, -0.15) is 0 Å². The molecule has 7 nitrogen and oxygen atoms in total. The molecule has 1 saturated heterocycles. The highest BCUT2D eigenvalue weighted by Crippen LogP contribution is 2.55. The van der Waals surface area contributed by atoms with Crippen molar-refractivity contribution in [3.63, 3.8) is 0 Å². The number of fused-ring (bicyclic) bond motifs is 2. The summed E-state index contributed by atoms with van der Waals surface area (Å²) in [6.07, 6.45) is 6.04. The van der Waals surface area contributed by atoms with Crippen LogP contribution in [0.2, 0.25) is 0 Å². The van der Waals surface area contributed by atoms with E-state index >= 15 is 0 Å². The van der Waals surface area contributed by atoms with Crippen LogP contribution in [0.25, 0.3) is 0 Å². The highest BCUT2D eigenvalue weighted by Gasteiger charge is 2.60. The van der Waals surface area contributed by atoms with Crippen molar-refractivity contribution < 1.29 is 19.5 Å². The van der Waals surface area contributed by atoms with Gasteiger partial charge in [0.2, 0.25) is 5.91 Å². The van der Waals surface area contributed by atoms with Gasteiger partial charge in [0.1, 0.15) is 0 Å². The Morgan fingerprint density at radius 2 is 2.10 bits per heavy atom. The summed E-state index contributed by atoms with van der Waals surface area (Å²) in [4.78, 5) is 37.7. The fourth-order valence-electron chi connectivity index (χ4n) is 4.87. The van der Waals surface area contributed by atoms with Crippen LogP contribution < -0.4 is 10.6 Å². The first-order valence-corrected chi connectivity index (χ1v) is 10.9. The predicted molar refractivity (Wildman–Crippen MR) is 112 cm³/mol. The largest absolute Gasteiger partial charge is 0.479 e. The van der Waals surface area contributed by atoms with E-state index in [1.165, 1.54) is 16.7 Å². The molecular weight excluding hydrogens is 390 g/mol. The number of allylic oxidation sites excluding steroid dienone is 2. The molecule has 8 heteroatoms. The molecule has 4 atom stereocenters. The van der Waals surface area contributed by atoms with Gasteiger partial charge in [-0.05, 0) is 49.3 Å². The van der Waals surface area contributed by atoms with Crippen LogP contribution >= 0.6 is 11.8 Å². The first kappa shape index (κ1) is 19.8. The van der Waals surface area contributed by atoms with Gasteiger partial charge in [-0.3, -0.25) is 4.79 Å². The van der Waals surface area contributed by atoms with Crippen molar-refractivity contribution in [3.8, 4) is 0 Å². The molecule has 4 rings (SSSR count). The number of nitrogens with one attached hydrogen (secondary N) is 2. The molecule has 2 fully saturated rings. The third-order valence-corrected chi connectivity index (χ3v) is 7.63. The Balaban J connectivity index is 1.42. The number of anilines is 1. The minimum absolute atomic E-state index is 0.0902. The van der Waals surface area contributed by atoms with E-state index in [2.05, 4.69) is 22.8 Å². The average Bonchev–Trinajstić information content (AvgIpc) is 3.41. The molecular formula is C21H25N3O4S. The van der Waals surface area contributed by atoms with Crippen LogP contribution in [0.1, 0.15) is 18.4 Å². The maximum absolute atomic E-state index is 12.9. The molecule has 1 aromatic carbocycles. The fourth-order valence-corrected chi connectivity index (χ4v) is 6.41. The van der Waals surface area contributed by atoms with Crippen molar-refractivity contribution in [2.75, 3.05) is 24.2 Å². The molecule has 2 unspecified atom stereocenters. The van der Waals surface area contributed by atoms with Gasteiger partial charge >= 0.3 is 12.0 Å². The van der Waals surface area contributed by atoms with E-state index in [9.17, 15) is 19.5 Å². The van der Waals surface area contributed by atoms with Gasteiger partial charge in [0.15, 0.2) is 4.87 Å². The maximum Gasteiger partial charge on any atom is 0.340 e. The highest BCUT2D eigenvalue weighted by molar-refractivity contribution is 8.01.